The minimum Gasteiger partial charge on any atom is -0.399 e. The van der Waals surface area contributed by atoms with E-state index in [2.05, 4.69) is 4.98 Å². The first-order valence-electron chi connectivity index (χ1n) is 6.38. The predicted molar refractivity (Wildman–Crippen MR) is 76.1 cm³/mol. The summed E-state index contributed by atoms with van der Waals surface area (Å²) in [5.41, 5.74) is 6.70. The number of rotatable bonds is 4. The van der Waals surface area contributed by atoms with Gasteiger partial charge in [-0.3, -0.25) is 4.79 Å². The summed E-state index contributed by atoms with van der Waals surface area (Å²) in [7, 11) is 0. The van der Waals surface area contributed by atoms with E-state index in [1.54, 1.807) is 6.20 Å². The Bertz CT molecular complexity index is 582. The first kappa shape index (κ1) is 13.3. The molecule has 100 valence electrons. The third-order valence-corrected chi connectivity index (χ3v) is 3.46. The molecule has 0 spiro atoms. The van der Waals surface area contributed by atoms with Crippen molar-refractivity contribution >= 4 is 11.5 Å². The maximum absolute atomic E-state index is 12.7. The van der Waals surface area contributed by atoms with Crippen LogP contribution in [0.5, 0.6) is 0 Å². The Balaban J connectivity index is 2.39. The normalized spacial score (nSPS) is 11.5. The van der Waals surface area contributed by atoms with Gasteiger partial charge in [0, 0.05) is 24.6 Å². The van der Waals surface area contributed by atoms with Crippen LogP contribution in [-0.4, -0.2) is 15.3 Å². The second-order valence-corrected chi connectivity index (χ2v) is 5.11. The molecule has 0 amide bonds. The van der Waals surface area contributed by atoms with E-state index in [4.69, 9.17) is 5.73 Å². The topological polar surface area (TPSA) is 60.9 Å². The number of nitrogens with two attached hydrogens (primary N) is 1. The van der Waals surface area contributed by atoms with Crippen molar-refractivity contribution in [1.82, 2.24) is 9.55 Å². The van der Waals surface area contributed by atoms with Crippen molar-refractivity contribution in [1.29, 1.82) is 0 Å². The van der Waals surface area contributed by atoms with Crippen LogP contribution in [0.15, 0.2) is 36.7 Å². The van der Waals surface area contributed by atoms with Gasteiger partial charge in [0.1, 0.15) is 0 Å². The number of nitrogens with zero attached hydrogens (tertiary/aromatic N) is 2. The lowest BCUT2D eigenvalue weighted by Gasteiger charge is -2.23. The van der Waals surface area contributed by atoms with Crippen LogP contribution in [0.3, 0.4) is 0 Å². The van der Waals surface area contributed by atoms with Gasteiger partial charge in [-0.25, -0.2) is 4.98 Å². The van der Waals surface area contributed by atoms with Gasteiger partial charge in [-0.05, 0) is 38.5 Å². The highest BCUT2D eigenvalue weighted by molar-refractivity contribution is 6.01. The second-order valence-electron chi connectivity index (χ2n) is 5.11. The predicted octanol–water partition coefficient (Wildman–Crippen LogP) is 2.65. The fourth-order valence-electron chi connectivity index (χ4n) is 2.08. The van der Waals surface area contributed by atoms with E-state index < -0.39 is 5.41 Å². The Hall–Kier alpha value is -2.10. The van der Waals surface area contributed by atoms with Gasteiger partial charge in [0.2, 0.25) is 5.78 Å². The van der Waals surface area contributed by atoms with Crippen molar-refractivity contribution in [3.63, 3.8) is 0 Å². The Morgan fingerprint density at radius 2 is 1.95 bits per heavy atom. The van der Waals surface area contributed by atoms with E-state index in [9.17, 15) is 4.79 Å². The maximum Gasteiger partial charge on any atom is 0.208 e. The van der Waals surface area contributed by atoms with E-state index in [-0.39, 0.29) is 5.78 Å². The summed E-state index contributed by atoms with van der Waals surface area (Å²) in [6.45, 7) is 6.55. The van der Waals surface area contributed by atoms with Crippen molar-refractivity contribution in [3.8, 4) is 0 Å². The molecule has 2 N–H and O–H groups in total. The number of hydrogen-bond donors (Lipinski definition) is 1. The van der Waals surface area contributed by atoms with Gasteiger partial charge >= 0.3 is 0 Å². The first-order valence-corrected chi connectivity index (χ1v) is 6.38. The minimum absolute atomic E-state index is 0.0177. The number of ketones is 1. The SMILES string of the molecule is CCn1ccnc1C(=O)C(C)(C)c1ccc(N)cc1. The smallest absolute Gasteiger partial charge is 0.208 e. The Morgan fingerprint density at radius 1 is 1.32 bits per heavy atom. The molecule has 2 aromatic rings. The van der Waals surface area contributed by atoms with Crippen LogP contribution in [0.4, 0.5) is 5.69 Å². The number of anilines is 1. The first-order chi connectivity index (χ1) is 8.96. The summed E-state index contributed by atoms with van der Waals surface area (Å²) in [6, 6.07) is 7.42. The zero-order chi connectivity index (χ0) is 14.0. The number of carbonyl (C=O) groups is 1. The Morgan fingerprint density at radius 3 is 2.53 bits per heavy atom. The number of aromatic nitrogens is 2. The van der Waals surface area contributed by atoms with Crippen molar-refractivity contribution in [2.45, 2.75) is 32.7 Å². The summed E-state index contributed by atoms with van der Waals surface area (Å²) in [5.74, 6) is 0.522. The molecule has 0 atom stereocenters. The summed E-state index contributed by atoms with van der Waals surface area (Å²) < 4.78 is 1.86. The average Bonchev–Trinajstić information content (AvgIpc) is 2.86. The fourth-order valence-corrected chi connectivity index (χ4v) is 2.08. The lowest BCUT2D eigenvalue weighted by atomic mass is 9.80. The van der Waals surface area contributed by atoms with Crippen LogP contribution in [0, 0.1) is 0 Å². The van der Waals surface area contributed by atoms with Crippen LogP contribution in [0.1, 0.15) is 37.0 Å². The van der Waals surface area contributed by atoms with Crippen molar-refractivity contribution in [2.75, 3.05) is 5.73 Å². The minimum atomic E-state index is -0.619. The van der Waals surface area contributed by atoms with Gasteiger partial charge in [0.05, 0.1) is 5.41 Å². The molecule has 0 saturated carbocycles. The highest BCUT2D eigenvalue weighted by Crippen LogP contribution is 2.27. The summed E-state index contributed by atoms with van der Waals surface area (Å²) >= 11 is 0. The van der Waals surface area contributed by atoms with Crippen LogP contribution in [0.2, 0.25) is 0 Å². The number of nitrogen functional groups attached to an aromatic ring is 1. The van der Waals surface area contributed by atoms with Crippen LogP contribution >= 0.6 is 0 Å². The third-order valence-electron chi connectivity index (χ3n) is 3.46. The zero-order valence-corrected chi connectivity index (χ0v) is 11.6. The lowest BCUT2D eigenvalue weighted by Crippen LogP contribution is -2.31. The molecule has 2 rings (SSSR count). The molecule has 0 aliphatic rings. The Kier molecular flexibility index (Phi) is 3.42. The van der Waals surface area contributed by atoms with Gasteiger partial charge in [-0.2, -0.15) is 0 Å². The number of aryl methyl sites for hydroxylation is 1. The molecule has 0 aliphatic carbocycles. The van der Waals surface area contributed by atoms with Gasteiger partial charge in [-0.15, -0.1) is 0 Å². The van der Waals surface area contributed by atoms with Gasteiger partial charge < -0.3 is 10.3 Å². The Labute approximate surface area is 113 Å². The summed E-state index contributed by atoms with van der Waals surface area (Å²) in [5, 5.41) is 0. The summed E-state index contributed by atoms with van der Waals surface area (Å²) in [4.78, 5) is 16.9. The quantitative estimate of drug-likeness (QED) is 0.676. The van der Waals surface area contributed by atoms with E-state index in [0.29, 0.717) is 11.5 Å². The second kappa shape index (κ2) is 4.88. The van der Waals surface area contributed by atoms with E-state index in [1.165, 1.54) is 0 Å². The molecule has 0 unspecified atom stereocenters. The molecular formula is C15H19N3O. The van der Waals surface area contributed by atoms with E-state index >= 15 is 0 Å². The number of benzene rings is 1. The van der Waals surface area contributed by atoms with Crippen molar-refractivity contribution in [3.05, 3.63) is 48.0 Å². The molecule has 1 aromatic carbocycles. The number of hydrogen-bond acceptors (Lipinski definition) is 3. The monoisotopic (exact) mass is 257 g/mol. The number of carbonyl (C=O) groups excluding carboxylic acids is 1. The largest absolute Gasteiger partial charge is 0.399 e. The fraction of sp³-hybridized carbons (Fsp3) is 0.333. The lowest BCUT2D eigenvalue weighted by molar-refractivity contribution is 0.0893. The van der Waals surface area contributed by atoms with Crippen LogP contribution in [0.25, 0.3) is 0 Å². The number of imidazole rings is 1. The zero-order valence-electron chi connectivity index (χ0n) is 11.6. The average molecular weight is 257 g/mol. The molecule has 4 heteroatoms. The van der Waals surface area contributed by atoms with Crippen molar-refractivity contribution in [2.24, 2.45) is 0 Å². The molecule has 0 aliphatic heterocycles. The molecule has 19 heavy (non-hydrogen) atoms. The molecule has 0 saturated heterocycles. The van der Waals surface area contributed by atoms with Gasteiger partial charge in [0.15, 0.2) is 5.82 Å². The molecule has 4 nitrogen and oxygen atoms in total. The van der Waals surface area contributed by atoms with E-state index in [0.717, 1.165) is 12.1 Å². The third kappa shape index (κ3) is 2.38. The van der Waals surface area contributed by atoms with Crippen LogP contribution < -0.4 is 5.73 Å². The van der Waals surface area contributed by atoms with Crippen LogP contribution in [-0.2, 0) is 12.0 Å². The molecule has 0 bridgehead atoms. The number of Topliss-reactive ketones (excluding diaryl/α,β-unsaturated/α-hetero) is 1. The molecule has 1 heterocycles. The van der Waals surface area contributed by atoms with E-state index in [1.807, 2.05) is 55.8 Å². The maximum atomic E-state index is 12.7. The molecule has 0 radical (unpaired) electrons. The van der Waals surface area contributed by atoms with Crippen molar-refractivity contribution < 1.29 is 4.79 Å². The molecule has 0 fully saturated rings. The standard InChI is InChI=1S/C15H19N3O/c1-4-18-10-9-17-14(18)13(19)15(2,3)11-5-7-12(16)8-6-11/h5-10H,4,16H2,1-3H3. The van der Waals surface area contributed by atoms with Gasteiger partial charge in [-0.1, -0.05) is 12.1 Å². The highest BCUT2D eigenvalue weighted by Gasteiger charge is 2.33. The molecular weight excluding hydrogens is 238 g/mol. The summed E-state index contributed by atoms with van der Waals surface area (Å²) in [6.07, 6.45) is 3.49. The molecule has 1 aromatic heterocycles. The highest BCUT2D eigenvalue weighted by atomic mass is 16.1. The van der Waals surface area contributed by atoms with Gasteiger partial charge in [0.25, 0.3) is 0 Å².